The molecular weight excluding hydrogens is 298 g/mol. The van der Waals surface area contributed by atoms with E-state index in [1.807, 2.05) is 20.8 Å². The minimum absolute atomic E-state index is 0.232. The first-order chi connectivity index (χ1) is 10.8. The Morgan fingerprint density at radius 1 is 1.35 bits per heavy atom. The van der Waals surface area contributed by atoms with Gasteiger partial charge in [-0.15, -0.1) is 10.2 Å². The van der Waals surface area contributed by atoms with Gasteiger partial charge in [-0.25, -0.2) is 14.8 Å². The number of hydrogen-bond donors (Lipinski definition) is 2. The topological polar surface area (TPSA) is 114 Å². The number of rotatable bonds is 5. The molecule has 3 rings (SSSR count). The van der Waals surface area contributed by atoms with Gasteiger partial charge in [0.05, 0.1) is 12.2 Å². The molecule has 0 aromatic carbocycles. The van der Waals surface area contributed by atoms with Gasteiger partial charge < -0.3 is 14.8 Å². The molecule has 8 heteroatoms. The van der Waals surface area contributed by atoms with Crippen molar-refractivity contribution in [2.75, 3.05) is 5.32 Å². The first kappa shape index (κ1) is 15.4. The zero-order chi connectivity index (χ0) is 16.6. The summed E-state index contributed by atoms with van der Waals surface area (Å²) in [5, 5.41) is 20.2. The minimum atomic E-state index is -1.16. The highest BCUT2D eigenvalue weighted by Crippen LogP contribution is 2.39. The number of carbonyl (C=O) groups is 1. The summed E-state index contributed by atoms with van der Waals surface area (Å²) in [5.41, 5.74) is 0.365. The van der Waals surface area contributed by atoms with E-state index in [9.17, 15) is 4.79 Å². The third-order valence-corrected chi connectivity index (χ3v) is 3.52. The van der Waals surface area contributed by atoms with Crippen LogP contribution in [0.15, 0.2) is 10.5 Å². The molecule has 0 aliphatic heterocycles. The number of nitrogens with zero attached hydrogens (tertiary/aromatic N) is 4. The van der Waals surface area contributed by atoms with E-state index < -0.39 is 5.97 Å². The van der Waals surface area contributed by atoms with Crippen molar-refractivity contribution in [3.05, 3.63) is 29.4 Å². The maximum absolute atomic E-state index is 11.2. The van der Waals surface area contributed by atoms with Gasteiger partial charge >= 0.3 is 5.97 Å². The lowest BCUT2D eigenvalue weighted by Crippen LogP contribution is -2.18. The fraction of sp³-hybridized carbons (Fsp3) is 0.533. The van der Waals surface area contributed by atoms with Gasteiger partial charge in [0, 0.05) is 17.4 Å². The lowest BCUT2D eigenvalue weighted by molar-refractivity contribution is 0.0683. The second-order valence-electron chi connectivity index (χ2n) is 6.68. The van der Waals surface area contributed by atoms with Gasteiger partial charge in [0.25, 0.3) is 0 Å². The largest absolute Gasteiger partial charge is 0.475 e. The van der Waals surface area contributed by atoms with Crippen LogP contribution in [0.1, 0.15) is 67.6 Å². The van der Waals surface area contributed by atoms with Gasteiger partial charge in [-0.2, -0.15) is 0 Å². The van der Waals surface area contributed by atoms with E-state index in [2.05, 4.69) is 25.5 Å². The van der Waals surface area contributed by atoms with Gasteiger partial charge in [-0.05, 0) is 12.8 Å². The van der Waals surface area contributed by atoms with Gasteiger partial charge in [-0.1, -0.05) is 20.8 Å². The molecule has 0 unspecified atom stereocenters. The summed E-state index contributed by atoms with van der Waals surface area (Å²) >= 11 is 0. The fourth-order valence-corrected chi connectivity index (χ4v) is 2.02. The molecule has 1 fully saturated rings. The molecular formula is C15H19N5O3. The molecule has 2 N–H and O–H groups in total. The lowest BCUT2D eigenvalue weighted by atomic mass is 9.92. The van der Waals surface area contributed by atoms with Gasteiger partial charge in [0.15, 0.2) is 0 Å². The molecule has 2 aromatic heterocycles. The highest BCUT2D eigenvalue weighted by atomic mass is 16.4. The van der Waals surface area contributed by atoms with Crippen LogP contribution < -0.4 is 5.32 Å². The summed E-state index contributed by atoms with van der Waals surface area (Å²) in [5.74, 6) is 0.567. The maximum Gasteiger partial charge on any atom is 0.374 e. The van der Waals surface area contributed by atoms with E-state index in [4.69, 9.17) is 9.52 Å². The minimum Gasteiger partial charge on any atom is -0.475 e. The second-order valence-corrected chi connectivity index (χ2v) is 6.68. The number of aromatic nitrogens is 4. The van der Waals surface area contributed by atoms with Crippen LogP contribution in [0, 0.1) is 0 Å². The normalized spacial score (nSPS) is 14.7. The monoisotopic (exact) mass is 317 g/mol. The summed E-state index contributed by atoms with van der Waals surface area (Å²) in [6.45, 7) is 6.18. The Morgan fingerprint density at radius 2 is 2.09 bits per heavy atom. The summed E-state index contributed by atoms with van der Waals surface area (Å²) in [4.78, 5) is 19.3. The van der Waals surface area contributed by atoms with Gasteiger partial charge in [0.2, 0.25) is 17.6 Å². The smallest absolute Gasteiger partial charge is 0.374 e. The van der Waals surface area contributed by atoms with Crippen molar-refractivity contribution < 1.29 is 14.3 Å². The van der Waals surface area contributed by atoms with Crippen molar-refractivity contribution in [1.82, 2.24) is 20.2 Å². The molecule has 8 nitrogen and oxygen atoms in total. The van der Waals surface area contributed by atoms with E-state index in [1.54, 1.807) is 6.07 Å². The van der Waals surface area contributed by atoms with Crippen LogP contribution in [0.5, 0.6) is 0 Å². The van der Waals surface area contributed by atoms with E-state index in [1.165, 1.54) is 0 Å². The highest BCUT2D eigenvalue weighted by molar-refractivity contribution is 5.83. The van der Waals surface area contributed by atoms with E-state index >= 15 is 0 Å². The molecule has 2 aromatic rings. The zero-order valence-electron chi connectivity index (χ0n) is 13.3. The Kier molecular flexibility index (Phi) is 3.75. The first-order valence-electron chi connectivity index (χ1n) is 7.52. The molecule has 1 aliphatic carbocycles. The third kappa shape index (κ3) is 3.64. The Hall–Kier alpha value is -2.51. The average Bonchev–Trinajstić information content (AvgIpc) is 3.23. The molecule has 1 aliphatic rings. The Bertz CT molecular complexity index is 731. The number of nitrogens with one attached hydrogen (secondary N) is 1. The number of anilines is 1. The van der Waals surface area contributed by atoms with Crippen molar-refractivity contribution in [1.29, 1.82) is 0 Å². The van der Waals surface area contributed by atoms with Crippen LogP contribution in [0.4, 0.5) is 5.82 Å². The Morgan fingerprint density at radius 3 is 2.70 bits per heavy atom. The van der Waals surface area contributed by atoms with Crippen molar-refractivity contribution in [3.8, 4) is 0 Å². The molecule has 0 spiro atoms. The average molecular weight is 317 g/mol. The van der Waals surface area contributed by atoms with Crippen LogP contribution in [0.2, 0.25) is 0 Å². The summed E-state index contributed by atoms with van der Waals surface area (Å²) < 4.78 is 5.56. The molecule has 1 saturated carbocycles. The van der Waals surface area contributed by atoms with E-state index in [0.29, 0.717) is 35.8 Å². The predicted octanol–water partition coefficient (Wildman–Crippen LogP) is 2.34. The number of carboxylic acids is 1. The number of carboxylic acid groups (broad SMARTS) is 1. The molecule has 23 heavy (non-hydrogen) atoms. The lowest BCUT2D eigenvalue weighted by Gasteiger charge is -2.18. The number of hydrogen-bond acceptors (Lipinski definition) is 7. The van der Waals surface area contributed by atoms with E-state index in [-0.39, 0.29) is 11.2 Å². The van der Waals surface area contributed by atoms with Crippen LogP contribution in [-0.4, -0.2) is 31.2 Å². The fourth-order valence-electron chi connectivity index (χ4n) is 2.02. The Labute approximate surface area is 133 Å². The molecule has 0 bridgehead atoms. The zero-order valence-corrected chi connectivity index (χ0v) is 13.3. The Balaban J connectivity index is 1.77. The molecule has 0 radical (unpaired) electrons. The molecule has 0 amide bonds. The molecule has 122 valence electrons. The molecule has 0 atom stereocenters. The van der Waals surface area contributed by atoms with Crippen molar-refractivity contribution in [2.24, 2.45) is 0 Å². The van der Waals surface area contributed by atoms with E-state index in [0.717, 1.165) is 12.8 Å². The number of aromatic carboxylic acids is 1. The summed E-state index contributed by atoms with van der Waals surface area (Å²) in [6, 6.07) is 1.74. The standard InChI is InChI=1S/C15H19N5O3/c1-15(2,3)9-6-10(18-12(17-9)14(21)22)16-7-11-19-20-13(23-11)8-4-5-8/h6,8H,4-5,7H2,1-3H3,(H,21,22)(H,16,17,18). The maximum atomic E-state index is 11.2. The van der Waals surface area contributed by atoms with Crippen LogP contribution in [0.3, 0.4) is 0 Å². The quantitative estimate of drug-likeness (QED) is 0.863. The van der Waals surface area contributed by atoms with Crippen LogP contribution in [-0.2, 0) is 12.0 Å². The summed E-state index contributed by atoms with van der Waals surface area (Å²) in [6.07, 6.45) is 2.19. The summed E-state index contributed by atoms with van der Waals surface area (Å²) in [7, 11) is 0. The second kappa shape index (κ2) is 5.60. The van der Waals surface area contributed by atoms with Crippen molar-refractivity contribution in [2.45, 2.75) is 51.5 Å². The predicted molar refractivity (Wildman–Crippen MR) is 81.3 cm³/mol. The van der Waals surface area contributed by atoms with Crippen molar-refractivity contribution >= 4 is 11.8 Å². The van der Waals surface area contributed by atoms with Crippen LogP contribution in [0.25, 0.3) is 0 Å². The molecule has 0 saturated heterocycles. The van der Waals surface area contributed by atoms with Gasteiger partial charge in [0.1, 0.15) is 5.82 Å². The SMILES string of the molecule is CC(C)(C)c1cc(NCc2nnc(C3CC3)o2)nc(C(=O)O)n1. The third-order valence-electron chi connectivity index (χ3n) is 3.52. The van der Waals surface area contributed by atoms with Gasteiger partial charge in [-0.3, -0.25) is 0 Å². The van der Waals surface area contributed by atoms with Crippen molar-refractivity contribution in [3.63, 3.8) is 0 Å². The van der Waals surface area contributed by atoms with Crippen LogP contribution >= 0.6 is 0 Å². The first-order valence-corrected chi connectivity index (χ1v) is 7.52. The molecule has 2 heterocycles. The highest BCUT2D eigenvalue weighted by Gasteiger charge is 2.29.